The van der Waals surface area contributed by atoms with Crippen molar-refractivity contribution in [3.05, 3.63) is 65.5 Å². The molecule has 2 rings (SSSR count). The first-order valence-corrected chi connectivity index (χ1v) is 5.92. The number of pyridine rings is 1. The predicted molar refractivity (Wildman–Crippen MR) is 71.2 cm³/mol. The lowest BCUT2D eigenvalue weighted by molar-refractivity contribution is 0.705. The average Bonchev–Trinajstić information content (AvgIpc) is 2.37. The highest BCUT2D eigenvalue weighted by molar-refractivity contribution is 5.33. The van der Waals surface area contributed by atoms with Crippen LogP contribution in [0.5, 0.6) is 0 Å². The molecule has 88 valence electrons. The van der Waals surface area contributed by atoms with Gasteiger partial charge in [-0.2, -0.15) is 0 Å². The molecule has 0 bridgehead atoms. The smallest absolute Gasteiger partial charge is 0.0306 e. The molecule has 0 saturated carbocycles. The summed E-state index contributed by atoms with van der Waals surface area (Å²) in [5, 5.41) is 3.26. The molecule has 1 unspecified atom stereocenters. The van der Waals surface area contributed by atoms with Crippen LogP contribution in [-0.2, 0) is 0 Å². The van der Waals surface area contributed by atoms with Crippen LogP contribution in [0.15, 0.2) is 48.8 Å². The number of benzene rings is 1. The van der Waals surface area contributed by atoms with E-state index < -0.39 is 0 Å². The normalized spacial score (nSPS) is 12.4. The number of aryl methyl sites for hydroxylation is 1. The molecule has 1 heterocycles. The fourth-order valence-corrected chi connectivity index (χ4v) is 2.10. The number of aromatic nitrogens is 1. The molecular weight excluding hydrogens is 208 g/mol. The minimum atomic E-state index is 0.369. The Morgan fingerprint density at radius 3 is 2.65 bits per heavy atom. The highest BCUT2D eigenvalue weighted by Crippen LogP contribution is 2.23. The topological polar surface area (TPSA) is 24.9 Å². The Morgan fingerprint density at radius 1 is 1.18 bits per heavy atom. The minimum Gasteiger partial charge on any atom is -0.319 e. The summed E-state index contributed by atoms with van der Waals surface area (Å²) >= 11 is 0. The molecule has 0 amide bonds. The van der Waals surface area contributed by atoms with E-state index in [1.807, 2.05) is 25.5 Å². The SMILES string of the molecule is CNCC(c1cccnc1)c1cccc(C)c1. The van der Waals surface area contributed by atoms with E-state index in [1.54, 1.807) is 0 Å². The number of nitrogens with zero attached hydrogens (tertiary/aromatic N) is 1. The van der Waals surface area contributed by atoms with Gasteiger partial charge in [0, 0.05) is 24.9 Å². The predicted octanol–water partition coefficient (Wildman–Crippen LogP) is 2.74. The van der Waals surface area contributed by atoms with Crippen LogP contribution >= 0.6 is 0 Å². The molecule has 1 atom stereocenters. The van der Waals surface area contributed by atoms with Crippen LogP contribution in [0.2, 0.25) is 0 Å². The van der Waals surface area contributed by atoms with Crippen LogP contribution in [0.1, 0.15) is 22.6 Å². The Balaban J connectivity index is 2.35. The van der Waals surface area contributed by atoms with Gasteiger partial charge in [0.05, 0.1) is 0 Å². The second-order valence-corrected chi connectivity index (χ2v) is 4.31. The zero-order chi connectivity index (χ0) is 12.1. The third-order valence-corrected chi connectivity index (χ3v) is 2.94. The molecule has 2 heteroatoms. The van der Waals surface area contributed by atoms with Crippen molar-refractivity contribution in [1.82, 2.24) is 10.3 Å². The van der Waals surface area contributed by atoms with Crippen LogP contribution < -0.4 is 5.32 Å². The highest BCUT2D eigenvalue weighted by atomic mass is 14.8. The summed E-state index contributed by atoms with van der Waals surface area (Å²) in [6, 6.07) is 12.8. The zero-order valence-corrected chi connectivity index (χ0v) is 10.4. The quantitative estimate of drug-likeness (QED) is 0.867. The van der Waals surface area contributed by atoms with Gasteiger partial charge in [0.15, 0.2) is 0 Å². The van der Waals surface area contributed by atoms with Gasteiger partial charge >= 0.3 is 0 Å². The van der Waals surface area contributed by atoms with E-state index in [9.17, 15) is 0 Å². The Morgan fingerprint density at radius 2 is 2.00 bits per heavy atom. The fraction of sp³-hybridized carbons (Fsp3) is 0.267. The molecule has 17 heavy (non-hydrogen) atoms. The summed E-state index contributed by atoms with van der Waals surface area (Å²) in [4.78, 5) is 4.21. The first kappa shape index (κ1) is 11.8. The van der Waals surface area contributed by atoms with Crippen LogP contribution in [0.4, 0.5) is 0 Å². The first-order chi connectivity index (χ1) is 8.31. The van der Waals surface area contributed by atoms with Crippen molar-refractivity contribution >= 4 is 0 Å². The van der Waals surface area contributed by atoms with Gasteiger partial charge in [0.1, 0.15) is 0 Å². The maximum absolute atomic E-state index is 4.21. The summed E-state index contributed by atoms with van der Waals surface area (Å²) in [6.45, 7) is 3.05. The second-order valence-electron chi connectivity index (χ2n) is 4.31. The van der Waals surface area contributed by atoms with Crippen molar-refractivity contribution in [2.24, 2.45) is 0 Å². The van der Waals surface area contributed by atoms with Crippen LogP contribution in [0.25, 0.3) is 0 Å². The molecule has 2 nitrogen and oxygen atoms in total. The molecule has 0 aliphatic carbocycles. The van der Waals surface area contributed by atoms with Gasteiger partial charge in [-0.3, -0.25) is 4.98 Å². The van der Waals surface area contributed by atoms with E-state index in [0.717, 1.165) is 6.54 Å². The average molecular weight is 226 g/mol. The van der Waals surface area contributed by atoms with Crippen molar-refractivity contribution in [2.45, 2.75) is 12.8 Å². The van der Waals surface area contributed by atoms with E-state index in [-0.39, 0.29) is 0 Å². The largest absolute Gasteiger partial charge is 0.319 e. The lowest BCUT2D eigenvalue weighted by atomic mass is 9.91. The fourth-order valence-electron chi connectivity index (χ4n) is 2.10. The van der Waals surface area contributed by atoms with E-state index in [1.165, 1.54) is 16.7 Å². The van der Waals surface area contributed by atoms with Gasteiger partial charge in [0.25, 0.3) is 0 Å². The number of likely N-dealkylation sites (N-methyl/N-ethyl adjacent to an activating group) is 1. The van der Waals surface area contributed by atoms with Crippen LogP contribution in [0.3, 0.4) is 0 Å². The molecule has 0 fully saturated rings. The minimum absolute atomic E-state index is 0.369. The van der Waals surface area contributed by atoms with E-state index in [0.29, 0.717) is 5.92 Å². The van der Waals surface area contributed by atoms with Crippen molar-refractivity contribution in [3.8, 4) is 0 Å². The number of nitrogens with one attached hydrogen (secondary N) is 1. The molecule has 0 aliphatic rings. The molecule has 0 saturated heterocycles. The maximum atomic E-state index is 4.21. The summed E-state index contributed by atoms with van der Waals surface area (Å²) < 4.78 is 0. The molecule has 2 aromatic rings. The van der Waals surface area contributed by atoms with Crippen molar-refractivity contribution in [3.63, 3.8) is 0 Å². The van der Waals surface area contributed by atoms with Crippen LogP contribution in [0, 0.1) is 6.92 Å². The van der Waals surface area contributed by atoms with Gasteiger partial charge in [0.2, 0.25) is 0 Å². The molecule has 1 aromatic carbocycles. The lowest BCUT2D eigenvalue weighted by Gasteiger charge is -2.17. The second kappa shape index (κ2) is 5.60. The molecule has 0 spiro atoms. The van der Waals surface area contributed by atoms with Crippen molar-refractivity contribution in [2.75, 3.05) is 13.6 Å². The molecular formula is C15H18N2. The molecule has 1 aromatic heterocycles. The number of hydrogen-bond acceptors (Lipinski definition) is 2. The standard InChI is InChI=1S/C15H18N2/c1-12-5-3-6-13(9-12)15(11-16-2)14-7-4-8-17-10-14/h3-10,15-16H,11H2,1-2H3. The summed E-state index contributed by atoms with van der Waals surface area (Å²) in [6.07, 6.45) is 3.76. The number of hydrogen-bond donors (Lipinski definition) is 1. The number of rotatable bonds is 4. The van der Waals surface area contributed by atoms with Gasteiger partial charge in [-0.1, -0.05) is 35.9 Å². The summed E-state index contributed by atoms with van der Waals surface area (Å²) in [5.74, 6) is 0.369. The van der Waals surface area contributed by atoms with Gasteiger partial charge in [-0.25, -0.2) is 0 Å². The Kier molecular flexibility index (Phi) is 3.89. The maximum Gasteiger partial charge on any atom is 0.0306 e. The zero-order valence-electron chi connectivity index (χ0n) is 10.4. The third-order valence-electron chi connectivity index (χ3n) is 2.94. The lowest BCUT2D eigenvalue weighted by Crippen LogP contribution is -2.18. The van der Waals surface area contributed by atoms with Crippen molar-refractivity contribution in [1.29, 1.82) is 0 Å². The highest BCUT2D eigenvalue weighted by Gasteiger charge is 2.13. The van der Waals surface area contributed by atoms with Gasteiger partial charge < -0.3 is 5.32 Å². The summed E-state index contributed by atoms with van der Waals surface area (Å²) in [7, 11) is 1.99. The first-order valence-electron chi connectivity index (χ1n) is 5.92. The Labute approximate surface area is 103 Å². The van der Waals surface area contributed by atoms with E-state index in [2.05, 4.69) is 47.6 Å². The monoisotopic (exact) mass is 226 g/mol. The molecule has 0 aliphatic heterocycles. The van der Waals surface area contributed by atoms with E-state index >= 15 is 0 Å². The van der Waals surface area contributed by atoms with Crippen LogP contribution in [-0.4, -0.2) is 18.6 Å². The van der Waals surface area contributed by atoms with Gasteiger partial charge in [-0.15, -0.1) is 0 Å². The van der Waals surface area contributed by atoms with Gasteiger partial charge in [-0.05, 0) is 31.2 Å². The van der Waals surface area contributed by atoms with E-state index in [4.69, 9.17) is 0 Å². The molecule has 1 N–H and O–H groups in total. The Hall–Kier alpha value is -1.67. The Bertz CT molecular complexity index is 465. The third kappa shape index (κ3) is 2.92. The summed E-state index contributed by atoms with van der Waals surface area (Å²) in [5.41, 5.74) is 3.90. The molecule has 0 radical (unpaired) electrons. The van der Waals surface area contributed by atoms with Crippen molar-refractivity contribution < 1.29 is 0 Å².